The second-order valence-electron chi connectivity index (χ2n) is 12.3. The summed E-state index contributed by atoms with van der Waals surface area (Å²) in [6.45, 7) is 8.67. The zero-order valence-electron chi connectivity index (χ0n) is 23.4. The van der Waals surface area contributed by atoms with Crippen LogP contribution in [0.25, 0.3) is 0 Å². The smallest absolute Gasteiger partial charge is 0.307 e. The lowest BCUT2D eigenvalue weighted by molar-refractivity contribution is -0.136. The van der Waals surface area contributed by atoms with Gasteiger partial charge in [0, 0.05) is 43.5 Å². The van der Waals surface area contributed by atoms with E-state index in [1.807, 2.05) is 36.9 Å². The van der Waals surface area contributed by atoms with Gasteiger partial charge < -0.3 is 19.8 Å². The summed E-state index contributed by atoms with van der Waals surface area (Å²) in [6, 6.07) is 12.2. The molecule has 0 unspecified atom stereocenters. The molecule has 1 aliphatic carbocycles. The van der Waals surface area contributed by atoms with Crippen LogP contribution < -0.4 is 9.80 Å². The minimum atomic E-state index is -0.891. The van der Waals surface area contributed by atoms with Crippen molar-refractivity contribution >= 4 is 40.7 Å². The molecule has 214 valence electrons. The highest BCUT2D eigenvalue weighted by molar-refractivity contribution is 6.30. The first-order valence-electron chi connectivity index (χ1n) is 13.9. The molecule has 10 heteroatoms. The maximum atomic E-state index is 14.4. The molecule has 41 heavy (non-hydrogen) atoms. The van der Waals surface area contributed by atoms with Gasteiger partial charge in [-0.05, 0) is 74.6 Å². The molecule has 1 saturated heterocycles. The Morgan fingerprint density at radius 3 is 2.51 bits per heavy atom. The van der Waals surface area contributed by atoms with Gasteiger partial charge >= 0.3 is 5.97 Å². The van der Waals surface area contributed by atoms with Crippen LogP contribution in [0.5, 0.6) is 0 Å². The fourth-order valence-electron chi connectivity index (χ4n) is 6.87. The van der Waals surface area contributed by atoms with Gasteiger partial charge in [-0.1, -0.05) is 24.6 Å². The van der Waals surface area contributed by atoms with Crippen molar-refractivity contribution in [2.75, 3.05) is 36.0 Å². The molecular formula is C31H33ClFN5O3. The Morgan fingerprint density at radius 2 is 1.88 bits per heavy atom. The van der Waals surface area contributed by atoms with Gasteiger partial charge in [-0.15, -0.1) is 0 Å². The van der Waals surface area contributed by atoms with Crippen LogP contribution in [0.2, 0.25) is 5.02 Å². The standard InChI is InChI=1S/C31H33ClFN5O3/c1-19-14-31(15-19)18-37(21-5-6-22(32)23(33)13-21)25-8-7-24(35-28(25)31)29(41)38-11-10-36(17-30(38,2)3)26-9-4-20(16-34-26)12-27(39)40/h4-9,13,16,19H,10-12,14-15,17-18H2,1-3H3,(H,39,40). The summed E-state index contributed by atoms with van der Waals surface area (Å²) < 4.78 is 14.4. The quantitative estimate of drug-likeness (QED) is 0.431. The topological polar surface area (TPSA) is 89.9 Å². The van der Waals surface area contributed by atoms with Crippen LogP contribution in [0.4, 0.5) is 21.6 Å². The third-order valence-electron chi connectivity index (χ3n) is 8.68. The predicted molar refractivity (Wildman–Crippen MR) is 156 cm³/mol. The van der Waals surface area contributed by atoms with Crippen molar-refractivity contribution in [3.63, 3.8) is 0 Å². The van der Waals surface area contributed by atoms with Crippen molar-refractivity contribution in [1.29, 1.82) is 0 Å². The maximum absolute atomic E-state index is 14.4. The number of halogens is 2. The number of rotatable bonds is 5. The van der Waals surface area contributed by atoms with Gasteiger partial charge in [0.1, 0.15) is 17.3 Å². The summed E-state index contributed by atoms with van der Waals surface area (Å²) in [4.78, 5) is 40.5. The fraction of sp³-hybridized carbons (Fsp3) is 0.419. The Balaban J connectivity index is 1.24. The molecule has 1 aromatic carbocycles. The SMILES string of the molecule is CC1CC2(C1)CN(c1ccc(Cl)c(F)c1)c1ccc(C(=O)N3CCN(c4ccc(CC(=O)O)cn4)CC3(C)C)nc12. The van der Waals surface area contributed by atoms with E-state index < -0.39 is 17.3 Å². The van der Waals surface area contributed by atoms with Gasteiger partial charge in [-0.2, -0.15) is 0 Å². The molecule has 2 fully saturated rings. The van der Waals surface area contributed by atoms with Crippen molar-refractivity contribution < 1.29 is 19.1 Å². The number of benzene rings is 1. The fourth-order valence-corrected chi connectivity index (χ4v) is 6.99. The van der Waals surface area contributed by atoms with E-state index in [9.17, 15) is 14.0 Å². The Hall–Kier alpha value is -3.72. The number of pyridine rings is 2. The Kier molecular flexibility index (Phi) is 6.68. The van der Waals surface area contributed by atoms with E-state index in [1.54, 1.807) is 24.4 Å². The molecule has 0 atom stereocenters. The Bertz CT molecular complexity index is 1520. The highest BCUT2D eigenvalue weighted by Gasteiger charge is 2.52. The summed E-state index contributed by atoms with van der Waals surface area (Å²) in [6.07, 6.45) is 3.48. The molecule has 3 aromatic rings. The van der Waals surface area contributed by atoms with Gasteiger partial charge in [0.05, 0.1) is 28.4 Å². The zero-order chi connectivity index (χ0) is 29.1. The van der Waals surface area contributed by atoms with Crippen molar-refractivity contribution in [2.45, 2.75) is 51.0 Å². The predicted octanol–water partition coefficient (Wildman–Crippen LogP) is 5.46. The molecule has 1 spiro atoms. The molecule has 3 aliphatic rings. The number of amides is 1. The third-order valence-corrected chi connectivity index (χ3v) is 8.98. The number of fused-ring (bicyclic) bond motifs is 2. The van der Waals surface area contributed by atoms with Crippen LogP contribution in [0.1, 0.15) is 55.4 Å². The van der Waals surface area contributed by atoms with Crippen LogP contribution in [0.15, 0.2) is 48.7 Å². The van der Waals surface area contributed by atoms with E-state index in [0.29, 0.717) is 43.4 Å². The van der Waals surface area contributed by atoms with Crippen LogP contribution in [0, 0.1) is 11.7 Å². The zero-order valence-corrected chi connectivity index (χ0v) is 24.2. The van der Waals surface area contributed by atoms with E-state index in [1.165, 1.54) is 6.07 Å². The van der Waals surface area contributed by atoms with E-state index in [4.69, 9.17) is 21.7 Å². The van der Waals surface area contributed by atoms with E-state index >= 15 is 0 Å². The molecule has 8 nitrogen and oxygen atoms in total. The number of carboxylic acids is 1. The largest absolute Gasteiger partial charge is 0.481 e. The van der Waals surface area contributed by atoms with Crippen LogP contribution in [0.3, 0.4) is 0 Å². The minimum absolute atomic E-state index is 0.0661. The van der Waals surface area contributed by atoms with Crippen LogP contribution >= 0.6 is 11.6 Å². The van der Waals surface area contributed by atoms with Gasteiger partial charge in [0.2, 0.25) is 0 Å². The molecule has 6 rings (SSSR count). The summed E-state index contributed by atoms with van der Waals surface area (Å²) >= 11 is 5.95. The number of aliphatic carboxylic acids is 1. The molecule has 4 heterocycles. The molecule has 1 amide bonds. The van der Waals surface area contributed by atoms with Crippen LogP contribution in [-0.4, -0.2) is 63.6 Å². The molecule has 1 N–H and O–H groups in total. The van der Waals surface area contributed by atoms with Gasteiger partial charge in [0.25, 0.3) is 5.91 Å². The van der Waals surface area contributed by atoms with Crippen molar-refractivity contribution in [3.8, 4) is 0 Å². The van der Waals surface area contributed by atoms with Gasteiger partial charge in [0.15, 0.2) is 0 Å². The Morgan fingerprint density at radius 1 is 1.10 bits per heavy atom. The number of hydrogen-bond acceptors (Lipinski definition) is 6. The van der Waals surface area contributed by atoms with Crippen molar-refractivity contribution in [2.24, 2.45) is 5.92 Å². The first-order chi connectivity index (χ1) is 19.5. The normalized spacial score (nSPS) is 23.0. The highest BCUT2D eigenvalue weighted by atomic mass is 35.5. The lowest BCUT2D eigenvalue weighted by atomic mass is 9.61. The van der Waals surface area contributed by atoms with Crippen LogP contribution in [-0.2, 0) is 16.6 Å². The molecule has 1 saturated carbocycles. The highest BCUT2D eigenvalue weighted by Crippen LogP contribution is 2.56. The average molecular weight is 578 g/mol. The van der Waals surface area contributed by atoms with Gasteiger partial charge in [-0.25, -0.2) is 14.4 Å². The molecule has 0 bridgehead atoms. The van der Waals surface area contributed by atoms with Crippen molar-refractivity contribution in [1.82, 2.24) is 14.9 Å². The lowest BCUT2D eigenvalue weighted by Gasteiger charge is -2.47. The minimum Gasteiger partial charge on any atom is -0.481 e. The van der Waals surface area contributed by atoms with E-state index in [0.717, 1.165) is 35.7 Å². The van der Waals surface area contributed by atoms with E-state index in [-0.39, 0.29) is 22.8 Å². The summed E-state index contributed by atoms with van der Waals surface area (Å²) in [5, 5.41) is 9.11. The molecular weight excluding hydrogens is 545 g/mol. The monoisotopic (exact) mass is 577 g/mol. The number of carbonyl (C=O) groups is 2. The number of piperazine rings is 1. The number of nitrogens with zero attached hydrogens (tertiary/aromatic N) is 5. The second kappa shape index (κ2) is 9.98. The summed E-state index contributed by atoms with van der Waals surface area (Å²) in [5.41, 5.74) is 2.98. The van der Waals surface area contributed by atoms with E-state index in [2.05, 4.69) is 21.7 Å². The van der Waals surface area contributed by atoms with Crippen molar-refractivity contribution in [3.05, 3.63) is 76.5 Å². The molecule has 2 aliphatic heterocycles. The first-order valence-corrected chi connectivity index (χ1v) is 14.3. The average Bonchev–Trinajstić information content (AvgIpc) is 3.24. The number of hydrogen-bond donors (Lipinski definition) is 1. The number of carboxylic acid groups (broad SMARTS) is 1. The number of aromatic nitrogens is 2. The lowest BCUT2D eigenvalue weighted by Crippen LogP contribution is -2.61. The first kappa shape index (κ1) is 27.4. The second-order valence-corrected chi connectivity index (χ2v) is 12.7. The van der Waals surface area contributed by atoms with Gasteiger partial charge in [-0.3, -0.25) is 9.59 Å². The third kappa shape index (κ3) is 4.90. The molecule has 0 radical (unpaired) electrons. The Labute approximate surface area is 243 Å². The summed E-state index contributed by atoms with van der Waals surface area (Å²) in [5.74, 6) is -0.140. The summed E-state index contributed by atoms with van der Waals surface area (Å²) in [7, 11) is 0. The molecule has 2 aromatic heterocycles. The number of carbonyl (C=O) groups excluding carboxylic acids is 1. The maximum Gasteiger partial charge on any atom is 0.307 e. The number of anilines is 3.